The van der Waals surface area contributed by atoms with Gasteiger partial charge in [-0.3, -0.25) is 0 Å². The Labute approximate surface area is 243 Å². The lowest BCUT2D eigenvalue weighted by atomic mass is 10.0. The van der Waals surface area contributed by atoms with Crippen LogP contribution in [-0.2, 0) is 22.4 Å². The number of carbonyl (C=O) groups excluding carboxylic acids is 2. The number of guanidine groups is 1. The summed E-state index contributed by atoms with van der Waals surface area (Å²) in [6.45, 7) is 11.2. The van der Waals surface area contributed by atoms with E-state index in [1.165, 1.54) is 4.90 Å². The van der Waals surface area contributed by atoms with Crippen molar-refractivity contribution in [2.45, 2.75) is 71.8 Å². The van der Waals surface area contributed by atoms with Crippen LogP contribution in [0.2, 0.25) is 0 Å². The van der Waals surface area contributed by atoms with E-state index in [0.29, 0.717) is 18.7 Å². The molecule has 41 heavy (non-hydrogen) atoms. The molecular formula is C34H39N3O4. The summed E-state index contributed by atoms with van der Waals surface area (Å²) in [6, 6.07) is 29.4. The van der Waals surface area contributed by atoms with Gasteiger partial charge in [-0.2, -0.15) is 0 Å². The number of amides is 2. The summed E-state index contributed by atoms with van der Waals surface area (Å²) in [5.74, 6) is 0.158. The Morgan fingerprint density at radius 2 is 1.27 bits per heavy atom. The number of hydrogen-bond acceptors (Lipinski definition) is 4. The fourth-order valence-electron chi connectivity index (χ4n) is 4.58. The monoisotopic (exact) mass is 553 g/mol. The van der Waals surface area contributed by atoms with Crippen LogP contribution in [0.25, 0.3) is 0 Å². The van der Waals surface area contributed by atoms with Crippen molar-refractivity contribution in [2.75, 3.05) is 0 Å². The largest absolute Gasteiger partial charge is 0.443 e. The van der Waals surface area contributed by atoms with Gasteiger partial charge in [0.15, 0.2) is 0 Å². The molecule has 0 saturated carbocycles. The van der Waals surface area contributed by atoms with Crippen LogP contribution in [0.4, 0.5) is 9.59 Å². The summed E-state index contributed by atoms with van der Waals surface area (Å²) in [5, 5.41) is 0. The van der Waals surface area contributed by atoms with Crippen LogP contribution in [0.3, 0.4) is 0 Å². The van der Waals surface area contributed by atoms with Gasteiger partial charge in [0, 0.05) is 6.54 Å². The first-order valence-corrected chi connectivity index (χ1v) is 13.9. The third kappa shape index (κ3) is 8.07. The Balaban J connectivity index is 1.93. The van der Waals surface area contributed by atoms with Crippen molar-refractivity contribution >= 4 is 18.1 Å². The average Bonchev–Trinajstić information content (AvgIpc) is 3.19. The molecule has 0 bridgehead atoms. The lowest BCUT2D eigenvalue weighted by Crippen LogP contribution is -2.41. The van der Waals surface area contributed by atoms with Crippen molar-refractivity contribution in [3.05, 3.63) is 119 Å². The summed E-state index contributed by atoms with van der Waals surface area (Å²) in [4.78, 5) is 34.9. The van der Waals surface area contributed by atoms with E-state index in [2.05, 4.69) is 4.99 Å². The lowest BCUT2D eigenvalue weighted by Gasteiger charge is -2.27. The van der Waals surface area contributed by atoms with Gasteiger partial charge in [-0.1, -0.05) is 97.1 Å². The summed E-state index contributed by atoms with van der Waals surface area (Å²) in [5.41, 5.74) is 2.17. The first kappa shape index (κ1) is 29.6. The molecule has 0 N–H and O–H groups in total. The van der Waals surface area contributed by atoms with Crippen molar-refractivity contribution < 1.29 is 19.1 Å². The van der Waals surface area contributed by atoms with Crippen LogP contribution >= 0.6 is 0 Å². The second-order valence-electron chi connectivity index (χ2n) is 12.0. The van der Waals surface area contributed by atoms with Gasteiger partial charge >= 0.3 is 12.2 Å². The maximum Gasteiger partial charge on any atom is 0.437 e. The van der Waals surface area contributed by atoms with Crippen LogP contribution in [0.5, 0.6) is 0 Å². The number of nitrogens with zero attached hydrogens (tertiary/aromatic N) is 3. The normalized spacial score (nSPS) is 17.7. The number of hydrogen-bond donors (Lipinski definition) is 0. The maximum atomic E-state index is 13.9. The molecule has 1 fully saturated rings. The Bertz CT molecular complexity index is 1390. The van der Waals surface area contributed by atoms with Crippen molar-refractivity contribution in [2.24, 2.45) is 4.99 Å². The molecule has 2 amide bonds. The first-order valence-electron chi connectivity index (χ1n) is 13.9. The molecule has 1 unspecified atom stereocenters. The molecule has 1 saturated heterocycles. The van der Waals surface area contributed by atoms with Crippen LogP contribution in [0, 0.1) is 0 Å². The van der Waals surface area contributed by atoms with Crippen molar-refractivity contribution in [1.82, 2.24) is 9.80 Å². The maximum absolute atomic E-state index is 13.9. The van der Waals surface area contributed by atoms with Crippen LogP contribution in [0.1, 0.15) is 64.3 Å². The van der Waals surface area contributed by atoms with Gasteiger partial charge < -0.3 is 14.4 Å². The minimum Gasteiger partial charge on any atom is -0.443 e. The Morgan fingerprint density at radius 1 is 0.756 bits per heavy atom. The van der Waals surface area contributed by atoms with E-state index in [1.54, 1.807) is 20.8 Å². The van der Waals surface area contributed by atoms with E-state index in [0.717, 1.165) is 16.7 Å². The topological polar surface area (TPSA) is 71.4 Å². The van der Waals surface area contributed by atoms with Gasteiger partial charge in [-0.25, -0.2) is 14.5 Å². The first-order chi connectivity index (χ1) is 19.4. The van der Waals surface area contributed by atoms with E-state index in [1.807, 2.05) is 123 Å². The molecule has 1 heterocycles. The van der Waals surface area contributed by atoms with Crippen LogP contribution in [0.15, 0.2) is 108 Å². The summed E-state index contributed by atoms with van der Waals surface area (Å²) in [7, 11) is 0. The predicted octanol–water partition coefficient (Wildman–Crippen LogP) is 7.90. The number of carbonyl (C=O) groups is 2. The molecule has 4 rings (SSSR count). The Morgan fingerprint density at radius 3 is 1.80 bits per heavy atom. The second kappa shape index (κ2) is 12.4. The zero-order valence-electron chi connectivity index (χ0n) is 24.7. The SMILES string of the molecule is CC(C)(C)OC(=O)N=C1N(C(=O)OC(C)(C)C)/C(=C\Cc2ccccc2)C(c2ccccc2)N1Cc1ccccc1. The van der Waals surface area contributed by atoms with Crippen LogP contribution < -0.4 is 0 Å². The fraction of sp³-hybridized carbons (Fsp3) is 0.324. The molecule has 3 aromatic rings. The molecule has 214 valence electrons. The lowest BCUT2D eigenvalue weighted by molar-refractivity contribution is 0.0413. The van der Waals surface area contributed by atoms with Crippen LogP contribution in [-0.4, -0.2) is 39.1 Å². The van der Waals surface area contributed by atoms with Gasteiger partial charge in [0.2, 0.25) is 5.96 Å². The number of allylic oxidation sites excluding steroid dienone is 1. The molecule has 1 atom stereocenters. The zero-order chi connectivity index (χ0) is 29.6. The molecule has 0 spiro atoms. The second-order valence-corrected chi connectivity index (χ2v) is 12.0. The van der Waals surface area contributed by atoms with E-state index < -0.39 is 29.4 Å². The molecule has 3 aromatic carbocycles. The fourth-order valence-corrected chi connectivity index (χ4v) is 4.58. The van der Waals surface area contributed by atoms with Gasteiger partial charge in [-0.05, 0) is 64.7 Å². The molecule has 1 aliphatic heterocycles. The molecule has 0 aromatic heterocycles. The highest BCUT2D eigenvalue weighted by Gasteiger charge is 2.46. The van der Waals surface area contributed by atoms with Crippen molar-refractivity contribution in [3.63, 3.8) is 0 Å². The van der Waals surface area contributed by atoms with E-state index in [-0.39, 0.29) is 5.96 Å². The van der Waals surface area contributed by atoms with Crippen molar-refractivity contribution in [3.8, 4) is 0 Å². The Kier molecular flexibility index (Phi) is 8.96. The molecular weight excluding hydrogens is 514 g/mol. The summed E-state index contributed by atoms with van der Waals surface area (Å²) in [6.07, 6.45) is 1.19. The minimum absolute atomic E-state index is 0.158. The van der Waals surface area contributed by atoms with Gasteiger partial charge in [0.05, 0.1) is 11.7 Å². The van der Waals surface area contributed by atoms with E-state index >= 15 is 0 Å². The molecule has 1 aliphatic rings. The summed E-state index contributed by atoms with van der Waals surface area (Å²) < 4.78 is 11.5. The quantitative estimate of drug-likeness (QED) is 0.321. The molecule has 7 nitrogen and oxygen atoms in total. The number of aliphatic imine (C=N–C) groups is 1. The zero-order valence-corrected chi connectivity index (χ0v) is 24.7. The van der Waals surface area contributed by atoms with E-state index in [9.17, 15) is 9.59 Å². The molecule has 7 heteroatoms. The molecule has 0 radical (unpaired) electrons. The standard InChI is InChI=1S/C34H39N3O4/c1-33(2,3)40-31(38)35-30-36(24-26-18-12-8-13-19-26)29(27-20-14-9-15-21-27)28(23-22-25-16-10-7-11-17-25)37(30)32(39)41-34(4,5)6/h7-21,23,29H,22,24H2,1-6H3/b28-23-,35-30?. The number of ether oxygens (including phenoxy) is 2. The third-order valence-electron chi connectivity index (χ3n) is 6.17. The predicted molar refractivity (Wildman–Crippen MR) is 161 cm³/mol. The van der Waals surface area contributed by atoms with Gasteiger partial charge in [-0.15, -0.1) is 4.99 Å². The summed E-state index contributed by atoms with van der Waals surface area (Å²) >= 11 is 0. The van der Waals surface area contributed by atoms with Crippen molar-refractivity contribution in [1.29, 1.82) is 0 Å². The van der Waals surface area contributed by atoms with Gasteiger partial charge in [0.25, 0.3) is 0 Å². The highest BCUT2D eigenvalue weighted by molar-refractivity contribution is 6.03. The smallest absolute Gasteiger partial charge is 0.437 e. The highest BCUT2D eigenvalue weighted by atomic mass is 16.6. The minimum atomic E-state index is -0.782. The average molecular weight is 554 g/mol. The number of rotatable bonds is 5. The molecule has 0 aliphatic carbocycles. The van der Waals surface area contributed by atoms with Gasteiger partial charge in [0.1, 0.15) is 11.2 Å². The van der Waals surface area contributed by atoms with E-state index in [4.69, 9.17) is 9.47 Å². The Hall–Kier alpha value is -4.39. The highest BCUT2D eigenvalue weighted by Crippen LogP contribution is 2.41. The number of benzene rings is 3. The third-order valence-corrected chi connectivity index (χ3v) is 6.17.